The highest BCUT2D eigenvalue weighted by atomic mass is 35.5. The molecule has 3 rings (SSSR count). The first-order chi connectivity index (χ1) is 11.1. The normalized spacial score (nSPS) is 10.9. The van der Waals surface area contributed by atoms with Gasteiger partial charge in [-0.15, -0.1) is 0 Å². The molecule has 0 heterocycles. The molecule has 0 unspecified atom stereocenters. The van der Waals surface area contributed by atoms with E-state index in [2.05, 4.69) is 0 Å². The number of phenols is 1. The van der Waals surface area contributed by atoms with Gasteiger partial charge in [-0.25, -0.2) is 4.79 Å². The number of aromatic hydroxyl groups is 1. The van der Waals surface area contributed by atoms with Gasteiger partial charge in [0.15, 0.2) is 0 Å². The molecule has 0 aromatic heterocycles. The van der Waals surface area contributed by atoms with Crippen molar-refractivity contribution in [3.8, 4) is 16.9 Å². The first-order valence-corrected chi connectivity index (χ1v) is 7.68. The number of fused-ring (bicyclic) bond motifs is 1. The number of aromatic carboxylic acids is 1. The second kappa shape index (κ2) is 5.94. The topological polar surface area (TPSA) is 57.5 Å². The van der Waals surface area contributed by atoms with Gasteiger partial charge in [0, 0.05) is 16.0 Å². The van der Waals surface area contributed by atoms with Crippen molar-refractivity contribution in [2.75, 3.05) is 0 Å². The molecule has 0 spiro atoms. The molecule has 3 aromatic rings. The van der Waals surface area contributed by atoms with E-state index in [1.165, 1.54) is 0 Å². The van der Waals surface area contributed by atoms with E-state index in [-0.39, 0.29) is 11.3 Å². The summed E-state index contributed by atoms with van der Waals surface area (Å²) in [7, 11) is 0. The van der Waals surface area contributed by atoms with Crippen LogP contribution in [0.4, 0.5) is 0 Å². The molecule has 0 saturated heterocycles. The van der Waals surface area contributed by atoms with Gasteiger partial charge in [0.25, 0.3) is 0 Å². The van der Waals surface area contributed by atoms with E-state index in [1.807, 2.05) is 37.3 Å². The fourth-order valence-corrected chi connectivity index (χ4v) is 3.26. The van der Waals surface area contributed by atoms with Crippen LogP contribution in [0.5, 0.6) is 5.75 Å². The lowest BCUT2D eigenvalue weighted by molar-refractivity contribution is 0.0693. The number of carboxylic acid groups (broad SMARTS) is 1. The Bertz CT molecular complexity index is 916. The summed E-state index contributed by atoms with van der Waals surface area (Å²) >= 11 is 6.35. The summed E-state index contributed by atoms with van der Waals surface area (Å²) in [5, 5.41) is 21.9. The quantitative estimate of drug-likeness (QED) is 0.701. The molecule has 0 fully saturated rings. The third-order valence-electron chi connectivity index (χ3n) is 4.00. The highest BCUT2D eigenvalue weighted by Gasteiger charge is 2.24. The van der Waals surface area contributed by atoms with Gasteiger partial charge in [0.2, 0.25) is 0 Å². The van der Waals surface area contributed by atoms with Crippen LogP contribution in [-0.2, 0) is 6.42 Å². The summed E-state index contributed by atoms with van der Waals surface area (Å²) < 4.78 is 0. The van der Waals surface area contributed by atoms with Crippen molar-refractivity contribution < 1.29 is 15.0 Å². The first-order valence-electron chi connectivity index (χ1n) is 7.31. The van der Waals surface area contributed by atoms with Crippen molar-refractivity contribution in [2.24, 2.45) is 0 Å². The number of halogens is 1. The van der Waals surface area contributed by atoms with Gasteiger partial charge in [-0.2, -0.15) is 0 Å². The van der Waals surface area contributed by atoms with Gasteiger partial charge >= 0.3 is 5.97 Å². The van der Waals surface area contributed by atoms with Gasteiger partial charge in [-0.3, -0.25) is 0 Å². The molecular formula is C19H15ClO3. The summed E-state index contributed by atoms with van der Waals surface area (Å²) in [6.45, 7) is 1.87. The zero-order valence-electron chi connectivity index (χ0n) is 12.5. The molecule has 0 amide bonds. The Labute approximate surface area is 138 Å². The zero-order valence-corrected chi connectivity index (χ0v) is 13.3. The average molecular weight is 327 g/mol. The fraction of sp³-hybridized carbons (Fsp3) is 0.105. The standard InChI is InChI=1S/C19H15ClO3/c1-2-11-16(14-9-5-6-10-15(14)20)12-7-3-4-8-13(12)18(21)17(11)19(22)23/h3-10,21H,2H2,1H3,(H,22,23). The number of benzene rings is 3. The second-order valence-corrected chi connectivity index (χ2v) is 5.67. The lowest BCUT2D eigenvalue weighted by Gasteiger charge is -2.18. The van der Waals surface area contributed by atoms with Gasteiger partial charge in [-0.1, -0.05) is 61.0 Å². The number of rotatable bonds is 3. The van der Waals surface area contributed by atoms with Crippen molar-refractivity contribution in [1.29, 1.82) is 0 Å². The highest BCUT2D eigenvalue weighted by Crippen LogP contribution is 2.43. The Balaban J connectivity index is 2.56. The number of hydrogen-bond donors (Lipinski definition) is 2. The average Bonchev–Trinajstić information content (AvgIpc) is 2.55. The number of carboxylic acids is 1. The Kier molecular flexibility index (Phi) is 3.97. The molecule has 2 N–H and O–H groups in total. The van der Waals surface area contributed by atoms with Crippen LogP contribution in [-0.4, -0.2) is 16.2 Å². The van der Waals surface area contributed by atoms with Crippen LogP contribution in [0.2, 0.25) is 5.02 Å². The van der Waals surface area contributed by atoms with Crippen molar-refractivity contribution in [3.63, 3.8) is 0 Å². The van der Waals surface area contributed by atoms with E-state index >= 15 is 0 Å². The van der Waals surface area contributed by atoms with Crippen LogP contribution >= 0.6 is 11.6 Å². The van der Waals surface area contributed by atoms with Crippen LogP contribution in [0.15, 0.2) is 48.5 Å². The van der Waals surface area contributed by atoms with Gasteiger partial charge < -0.3 is 10.2 Å². The van der Waals surface area contributed by atoms with E-state index in [0.29, 0.717) is 22.4 Å². The Morgan fingerprint density at radius 3 is 2.26 bits per heavy atom. The minimum atomic E-state index is -1.14. The lowest BCUT2D eigenvalue weighted by atomic mass is 9.87. The van der Waals surface area contributed by atoms with Crippen LogP contribution < -0.4 is 0 Å². The number of carbonyl (C=O) groups is 1. The minimum absolute atomic E-state index is 0.0545. The van der Waals surface area contributed by atoms with Gasteiger partial charge in [0.05, 0.1) is 0 Å². The predicted octanol–water partition coefficient (Wildman–Crippen LogP) is 5.13. The van der Waals surface area contributed by atoms with E-state index in [4.69, 9.17) is 11.6 Å². The van der Waals surface area contributed by atoms with Crippen LogP contribution in [0.3, 0.4) is 0 Å². The lowest BCUT2D eigenvalue weighted by Crippen LogP contribution is -2.05. The highest BCUT2D eigenvalue weighted by molar-refractivity contribution is 6.34. The largest absolute Gasteiger partial charge is 0.506 e. The molecule has 4 heteroatoms. The van der Waals surface area contributed by atoms with Crippen molar-refractivity contribution >= 4 is 28.3 Å². The van der Waals surface area contributed by atoms with Crippen LogP contribution in [0.25, 0.3) is 21.9 Å². The Morgan fingerprint density at radius 2 is 1.65 bits per heavy atom. The molecule has 116 valence electrons. The molecule has 3 aromatic carbocycles. The summed E-state index contributed by atoms with van der Waals surface area (Å²) in [6, 6.07) is 14.6. The third-order valence-corrected chi connectivity index (χ3v) is 4.33. The third kappa shape index (κ3) is 2.43. The van der Waals surface area contributed by atoms with E-state index < -0.39 is 5.97 Å². The Morgan fingerprint density at radius 1 is 1.04 bits per heavy atom. The molecular weight excluding hydrogens is 312 g/mol. The van der Waals surface area contributed by atoms with E-state index in [9.17, 15) is 15.0 Å². The summed E-state index contributed by atoms with van der Waals surface area (Å²) in [5.74, 6) is -1.33. The van der Waals surface area contributed by atoms with Crippen LogP contribution in [0.1, 0.15) is 22.8 Å². The SMILES string of the molecule is CCc1c(C(=O)O)c(O)c2ccccc2c1-c1ccccc1Cl. The number of hydrogen-bond acceptors (Lipinski definition) is 2. The van der Waals surface area contributed by atoms with Crippen molar-refractivity contribution in [1.82, 2.24) is 0 Å². The zero-order chi connectivity index (χ0) is 16.6. The molecule has 0 bridgehead atoms. The van der Waals surface area contributed by atoms with E-state index in [1.54, 1.807) is 18.2 Å². The van der Waals surface area contributed by atoms with E-state index in [0.717, 1.165) is 16.5 Å². The Hall–Kier alpha value is -2.52. The fourth-order valence-electron chi connectivity index (χ4n) is 3.03. The molecule has 0 aliphatic heterocycles. The maximum Gasteiger partial charge on any atom is 0.339 e. The monoisotopic (exact) mass is 326 g/mol. The molecule has 0 saturated carbocycles. The molecule has 0 aliphatic rings. The molecule has 3 nitrogen and oxygen atoms in total. The summed E-state index contributed by atoms with van der Waals surface area (Å²) in [4.78, 5) is 11.7. The predicted molar refractivity (Wildman–Crippen MR) is 92.4 cm³/mol. The summed E-state index contributed by atoms with van der Waals surface area (Å²) in [5.41, 5.74) is 2.07. The maximum absolute atomic E-state index is 11.7. The molecule has 0 radical (unpaired) electrons. The van der Waals surface area contributed by atoms with Crippen molar-refractivity contribution in [3.05, 3.63) is 64.7 Å². The van der Waals surface area contributed by atoms with Gasteiger partial charge in [0.1, 0.15) is 11.3 Å². The van der Waals surface area contributed by atoms with Crippen molar-refractivity contribution in [2.45, 2.75) is 13.3 Å². The van der Waals surface area contributed by atoms with Crippen LogP contribution in [0, 0.1) is 0 Å². The smallest absolute Gasteiger partial charge is 0.339 e. The molecule has 23 heavy (non-hydrogen) atoms. The maximum atomic E-state index is 11.7. The molecule has 0 aliphatic carbocycles. The minimum Gasteiger partial charge on any atom is -0.506 e. The molecule has 0 atom stereocenters. The second-order valence-electron chi connectivity index (χ2n) is 5.26. The summed E-state index contributed by atoms with van der Waals surface area (Å²) in [6.07, 6.45) is 0.473. The first kappa shape index (κ1) is 15.4. The van der Waals surface area contributed by atoms with Gasteiger partial charge in [-0.05, 0) is 29.0 Å².